The van der Waals surface area contributed by atoms with E-state index >= 15 is 0 Å². The molecule has 0 aliphatic carbocycles. The highest BCUT2D eigenvalue weighted by molar-refractivity contribution is 6.29. The first-order valence-corrected chi connectivity index (χ1v) is 6.38. The molecule has 4 heterocycles. The van der Waals surface area contributed by atoms with Gasteiger partial charge in [-0.1, -0.05) is 0 Å². The molecule has 0 saturated carbocycles. The molecule has 4 rings (SSSR count). The van der Waals surface area contributed by atoms with E-state index in [4.69, 9.17) is 16.0 Å². The maximum Gasteiger partial charge on any atom is 0.289 e. The molecule has 17 heavy (non-hydrogen) atoms. The highest BCUT2D eigenvalue weighted by Gasteiger charge is 2.32. The van der Waals surface area contributed by atoms with Gasteiger partial charge >= 0.3 is 0 Å². The van der Waals surface area contributed by atoms with Crippen molar-refractivity contribution in [3.05, 3.63) is 23.1 Å². The Morgan fingerprint density at radius 1 is 1.41 bits per heavy atom. The Hall–Kier alpha value is -1.00. The molecule has 0 radical (unpaired) electrons. The Balaban J connectivity index is 1.78. The molecular formula is C12H15ClN2O2. The van der Waals surface area contributed by atoms with Crippen molar-refractivity contribution in [3.8, 4) is 0 Å². The summed E-state index contributed by atoms with van der Waals surface area (Å²) in [5.74, 6) is 0.872. The number of piperidine rings is 1. The molecule has 3 aliphatic rings. The van der Waals surface area contributed by atoms with E-state index in [2.05, 4.69) is 5.32 Å². The van der Waals surface area contributed by atoms with E-state index in [1.807, 2.05) is 4.90 Å². The number of carbonyl (C=O) groups excluding carboxylic acids is 1. The summed E-state index contributed by atoms with van der Waals surface area (Å²) in [6.45, 7) is 2.61. The van der Waals surface area contributed by atoms with Crippen LogP contribution < -0.4 is 5.32 Å². The Kier molecular flexibility index (Phi) is 2.84. The molecule has 1 amide bonds. The Bertz CT molecular complexity index is 410. The molecule has 1 aromatic heterocycles. The van der Waals surface area contributed by atoms with Gasteiger partial charge in [-0.25, -0.2) is 0 Å². The monoisotopic (exact) mass is 254 g/mol. The normalized spacial score (nSPS) is 28.2. The van der Waals surface area contributed by atoms with Crippen LogP contribution in [0.15, 0.2) is 16.5 Å². The number of halogens is 1. The number of nitrogens with zero attached hydrogens (tertiary/aromatic N) is 1. The van der Waals surface area contributed by atoms with Gasteiger partial charge in [0.15, 0.2) is 11.0 Å². The zero-order valence-corrected chi connectivity index (χ0v) is 10.2. The molecule has 0 spiro atoms. The van der Waals surface area contributed by atoms with Crippen LogP contribution in [0.5, 0.6) is 0 Å². The van der Waals surface area contributed by atoms with Crippen molar-refractivity contribution < 1.29 is 9.21 Å². The summed E-state index contributed by atoms with van der Waals surface area (Å²) in [6, 6.07) is 3.69. The van der Waals surface area contributed by atoms with Gasteiger partial charge in [0, 0.05) is 19.1 Å². The van der Waals surface area contributed by atoms with Crippen molar-refractivity contribution >= 4 is 17.5 Å². The van der Waals surface area contributed by atoms with Crippen molar-refractivity contribution in [1.29, 1.82) is 0 Å². The number of carbonyl (C=O) groups is 1. The van der Waals surface area contributed by atoms with Gasteiger partial charge in [0.05, 0.1) is 0 Å². The van der Waals surface area contributed by atoms with Crippen molar-refractivity contribution in [3.63, 3.8) is 0 Å². The van der Waals surface area contributed by atoms with Gasteiger partial charge < -0.3 is 14.6 Å². The minimum absolute atomic E-state index is 0.0440. The first-order chi connectivity index (χ1) is 8.22. The second-order valence-corrected chi connectivity index (χ2v) is 5.23. The highest BCUT2D eigenvalue weighted by Crippen LogP contribution is 2.23. The Morgan fingerprint density at radius 2 is 2.29 bits per heavy atom. The number of fused-ring (bicyclic) bond motifs is 4. The van der Waals surface area contributed by atoms with E-state index in [-0.39, 0.29) is 11.1 Å². The summed E-state index contributed by atoms with van der Waals surface area (Å²) in [5.41, 5.74) is 0. The zero-order valence-electron chi connectivity index (χ0n) is 9.49. The van der Waals surface area contributed by atoms with Crippen molar-refractivity contribution in [2.75, 3.05) is 19.6 Å². The second kappa shape index (κ2) is 4.35. The number of amides is 1. The number of rotatable bonds is 1. The van der Waals surface area contributed by atoms with Crippen LogP contribution in [0.25, 0.3) is 0 Å². The molecule has 3 aliphatic heterocycles. The minimum Gasteiger partial charge on any atom is -0.440 e. The van der Waals surface area contributed by atoms with Crippen LogP contribution in [0.2, 0.25) is 5.22 Å². The summed E-state index contributed by atoms with van der Waals surface area (Å²) in [5, 5.41) is 3.74. The van der Waals surface area contributed by atoms with Crippen LogP contribution in [0, 0.1) is 5.92 Å². The van der Waals surface area contributed by atoms with E-state index in [0.717, 1.165) is 26.1 Å². The molecule has 3 fully saturated rings. The maximum absolute atomic E-state index is 12.2. The summed E-state index contributed by atoms with van der Waals surface area (Å²) < 4.78 is 5.18. The molecule has 92 valence electrons. The lowest BCUT2D eigenvalue weighted by atomic mass is 9.97. The lowest BCUT2D eigenvalue weighted by Gasteiger charge is -2.22. The van der Waals surface area contributed by atoms with E-state index < -0.39 is 0 Å². The van der Waals surface area contributed by atoms with Gasteiger partial charge in [-0.3, -0.25) is 4.79 Å². The van der Waals surface area contributed by atoms with E-state index in [1.165, 1.54) is 6.42 Å². The van der Waals surface area contributed by atoms with Crippen LogP contribution in [-0.4, -0.2) is 36.5 Å². The first-order valence-electron chi connectivity index (χ1n) is 6.00. The average Bonchev–Trinajstić information content (AvgIpc) is 2.58. The number of nitrogens with one attached hydrogen (secondary N) is 1. The topological polar surface area (TPSA) is 45.5 Å². The largest absolute Gasteiger partial charge is 0.440 e. The molecule has 2 bridgehead atoms. The van der Waals surface area contributed by atoms with Crippen LogP contribution in [0.3, 0.4) is 0 Å². The Labute approximate surface area is 105 Å². The summed E-state index contributed by atoms with van der Waals surface area (Å²) >= 11 is 5.70. The fraction of sp³-hybridized carbons (Fsp3) is 0.583. The number of hydrogen-bond donors (Lipinski definition) is 1. The van der Waals surface area contributed by atoms with E-state index in [1.54, 1.807) is 12.1 Å². The maximum atomic E-state index is 12.2. The molecule has 1 aromatic rings. The smallest absolute Gasteiger partial charge is 0.289 e. The Morgan fingerprint density at radius 3 is 2.94 bits per heavy atom. The van der Waals surface area contributed by atoms with Crippen molar-refractivity contribution in [2.24, 2.45) is 5.92 Å². The van der Waals surface area contributed by atoms with E-state index in [0.29, 0.717) is 17.7 Å². The van der Waals surface area contributed by atoms with Crippen molar-refractivity contribution in [2.45, 2.75) is 18.9 Å². The standard InChI is InChI=1S/C12H15ClN2O2/c13-11-4-3-10(17-11)12(16)15-6-8-1-2-9(7-15)14-5-8/h3-4,8-9,14H,1-2,5-7H2. The SMILES string of the molecule is O=C(c1ccc(Cl)o1)N1CC2CCC(C1)NC2. The van der Waals surface area contributed by atoms with Gasteiger partial charge in [0.25, 0.3) is 5.91 Å². The zero-order chi connectivity index (χ0) is 11.8. The quantitative estimate of drug-likeness (QED) is 0.831. The lowest BCUT2D eigenvalue weighted by Crippen LogP contribution is -2.40. The molecule has 2 unspecified atom stereocenters. The molecule has 5 heteroatoms. The van der Waals surface area contributed by atoms with Gasteiger partial charge in [-0.05, 0) is 49.0 Å². The van der Waals surface area contributed by atoms with Crippen LogP contribution in [0.1, 0.15) is 23.4 Å². The fourth-order valence-electron chi connectivity index (χ4n) is 2.69. The molecular weight excluding hydrogens is 240 g/mol. The van der Waals surface area contributed by atoms with Crippen LogP contribution in [0.4, 0.5) is 0 Å². The lowest BCUT2D eigenvalue weighted by molar-refractivity contribution is 0.0717. The highest BCUT2D eigenvalue weighted by atomic mass is 35.5. The van der Waals surface area contributed by atoms with Crippen molar-refractivity contribution in [1.82, 2.24) is 10.2 Å². The third-order valence-corrected chi connectivity index (χ3v) is 3.81. The van der Waals surface area contributed by atoms with Gasteiger partial charge in [-0.2, -0.15) is 0 Å². The number of furan rings is 1. The summed E-state index contributed by atoms with van der Waals surface area (Å²) in [6.07, 6.45) is 2.37. The molecule has 1 N–H and O–H groups in total. The average molecular weight is 255 g/mol. The third-order valence-electron chi connectivity index (χ3n) is 3.61. The van der Waals surface area contributed by atoms with Crippen LogP contribution >= 0.6 is 11.6 Å². The minimum atomic E-state index is -0.0440. The van der Waals surface area contributed by atoms with Crippen LogP contribution in [-0.2, 0) is 0 Å². The van der Waals surface area contributed by atoms with Gasteiger partial charge in [0.2, 0.25) is 0 Å². The molecule has 2 atom stereocenters. The summed E-state index contributed by atoms with van der Waals surface area (Å²) in [7, 11) is 0. The van der Waals surface area contributed by atoms with Gasteiger partial charge in [-0.15, -0.1) is 0 Å². The predicted molar refractivity (Wildman–Crippen MR) is 64.1 cm³/mol. The third kappa shape index (κ3) is 2.19. The second-order valence-electron chi connectivity index (χ2n) is 4.86. The summed E-state index contributed by atoms with van der Waals surface area (Å²) in [4.78, 5) is 14.1. The first kappa shape index (κ1) is 11.1. The number of hydrogen-bond acceptors (Lipinski definition) is 3. The van der Waals surface area contributed by atoms with Gasteiger partial charge in [0.1, 0.15) is 0 Å². The molecule has 4 nitrogen and oxygen atoms in total. The molecule has 3 saturated heterocycles. The predicted octanol–water partition coefficient (Wildman–Crippen LogP) is 1.76. The van der Waals surface area contributed by atoms with E-state index in [9.17, 15) is 4.79 Å². The fourth-order valence-corrected chi connectivity index (χ4v) is 2.84. The molecule has 0 aromatic carbocycles.